The van der Waals surface area contributed by atoms with E-state index in [9.17, 15) is 4.79 Å². The van der Waals surface area contributed by atoms with Gasteiger partial charge in [-0.3, -0.25) is 9.89 Å². The number of aromatic nitrogens is 2. The van der Waals surface area contributed by atoms with Crippen LogP contribution in [-0.4, -0.2) is 29.3 Å². The Morgan fingerprint density at radius 1 is 1.58 bits per heavy atom. The second-order valence-electron chi connectivity index (χ2n) is 4.57. The SMILES string of the molecule is O=C(NCc1ccoc1)c1cn[nH]c1[C@H]1CCOC1. The predicted molar refractivity (Wildman–Crippen MR) is 66.6 cm³/mol. The van der Waals surface area contributed by atoms with Crippen molar-refractivity contribution in [2.45, 2.75) is 18.9 Å². The Kier molecular flexibility index (Phi) is 3.33. The van der Waals surface area contributed by atoms with Crippen LogP contribution in [0.5, 0.6) is 0 Å². The Balaban J connectivity index is 1.67. The maximum atomic E-state index is 12.1. The molecule has 0 spiro atoms. The quantitative estimate of drug-likeness (QED) is 0.872. The fourth-order valence-corrected chi connectivity index (χ4v) is 2.22. The molecule has 1 saturated heterocycles. The average molecular weight is 261 g/mol. The molecule has 0 radical (unpaired) electrons. The van der Waals surface area contributed by atoms with Gasteiger partial charge in [-0.2, -0.15) is 5.10 Å². The summed E-state index contributed by atoms with van der Waals surface area (Å²) in [6, 6.07) is 1.82. The summed E-state index contributed by atoms with van der Waals surface area (Å²) >= 11 is 0. The van der Waals surface area contributed by atoms with Crippen LogP contribution in [0.3, 0.4) is 0 Å². The third-order valence-corrected chi connectivity index (χ3v) is 3.28. The molecule has 1 atom stereocenters. The van der Waals surface area contributed by atoms with Crippen LogP contribution in [0.1, 0.15) is 34.0 Å². The molecule has 0 aliphatic carbocycles. The zero-order valence-electron chi connectivity index (χ0n) is 10.4. The van der Waals surface area contributed by atoms with Crippen LogP contribution in [0, 0.1) is 0 Å². The van der Waals surface area contributed by atoms with Gasteiger partial charge < -0.3 is 14.5 Å². The molecule has 2 aromatic heterocycles. The van der Waals surface area contributed by atoms with Crippen molar-refractivity contribution in [1.82, 2.24) is 15.5 Å². The third-order valence-electron chi connectivity index (χ3n) is 3.28. The molecule has 19 heavy (non-hydrogen) atoms. The lowest BCUT2D eigenvalue weighted by Crippen LogP contribution is -2.23. The van der Waals surface area contributed by atoms with Crippen molar-refractivity contribution in [1.29, 1.82) is 0 Å². The Bertz CT molecular complexity index is 541. The number of H-pyrrole nitrogens is 1. The number of nitrogens with zero attached hydrogens (tertiary/aromatic N) is 1. The summed E-state index contributed by atoms with van der Waals surface area (Å²) in [4.78, 5) is 12.1. The molecule has 100 valence electrons. The van der Waals surface area contributed by atoms with Gasteiger partial charge in [0.15, 0.2) is 0 Å². The van der Waals surface area contributed by atoms with Crippen molar-refractivity contribution in [3.05, 3.63) is 41.6 Å². The van der Waals surface area contributed by atoms with E-state index in [1.165, 1.54) is 0 Å². The van der Waals surface area contributed by atoms with E-state index in [0.717, 1.165) is 24.3 Å². The number of carbonyl (C=O) groups excluding carboxylic acids is 1. The van der Waals surface area contributed by atoms with Crippen molar-refractivity contribution in [2.24, 2.45) is 0 Å². The van der Waals surface area contributed by atoms with Crippen LogP contribution >= 0.6 is 0 Å². The number of amides is 1. The number of furan rings is 1. The standard InChI is InChI=1S/C13H15N3O3/c17-13(14-5-9-1-3-18-7-9)11-6-15-16-12(11)10-2-4-19-8-10/h1,3,6-7,10H,2,4-5,8H2,(H,14,17)(H,15,16)/t10-/m0/s1. The summed E-state index contributed by atoms with van der Waals surface area (Å²) < 4.78 is 10.3. The van der Waals surface area contributed by atoms with Crippen molar-refractivity contribution < 1.29 is 13.9 Å². The fraction of sp³-hybridized carbons (Fsp3) is 0.385. The first kappa shape index (κ1) is 12.0. The molecular weight excluding hydrogens is 246 g/mol. The Hall–Kier alpha value is -2.08. The van der Waals surface area contributed by atoms with Gasteiger partial charge >= 0.3 is 0 Å². The van der Waals surface area contributed by atoms with Crippen molar-refractivity contribution in [2.75, 3.05) is 13.2 Å². The Labute approximate surface area is 110 Å². The van der Waals surface area contributed by atoms with Crippen molar-refractivity contribution in [3.8, 4) is 0 Å². The predicted octanol–water partition coefficient (Wildman–Crippen LogP) is 1.44. The maximum Gasteiger partial charge on any atom is 0.255 e. The van der Waals surface area contributed by atoms with Crippen molar-refractivity contribution in [3.63, 3.8) is 0 Å². The third kappa shape index (κ3) is 2.53. The van der Waals surface area contributed by atoms with Crippen molar-refractivity contribution >= 4 is 5.91 Å². The van der Waals surface area contributed by atoms with Gasteiger partial charge in [0.25, 0.3) is 5.91 Å². The molecular formula is C13H15N3O3. The van der Waals surface area contributed by atoms with Crippen LogP contribution < -0.4 is 5.32 Å². The van der Waals surface area contributed by atoms with Gasteiger partial charge in [0.2, 0.25) is 0 Å². The monoisotopic (exact) mass is 261 g/mol. The first-order valence-electron chi connectivity index (χ1n) is 6.25. The molecule has 0 saturated carbocycles. The lowest BCUT2D eigenvalue weighted by atomic mass is 10.0. The van der Waals surface area contributed by atoms with Crippen LogP contribution in [0.2, 0.25) is 0 Å². The lowest BCUT2D eigenvalue weighted by molar-refractivity contribution is 0.0949. The van der Waals surface area contributed by atoms with Gasteiger partial charge in [-0.05, 0) is 12.5 Å². The molecule has 0 aromatic carbocycles. The Morgan fingerprint density at radius 2 is 2.53 bits per heavy atom. The molecule has 0 bridgehead atoms. The minimum absolute atomic E-state index is 0.128. The molecule has 1 amide bonds. The number of carbonyl (C=O) groups is 1. The van der Waals surface area contributed by atoms with Gasteiger partial charge in [0, 0.05) is 24.6 Å². The molecule has 1 aliphatic heterocycles. The maximum absolute atomic E-state index is 12.1. The smallest absolute Gasteiger partial charge is 0.255 e. The highest BCUT2D eigenvalue weighted by Crippen LogP contribution is 2.25. The summed E-state index contributed by atoms with van der Waals surface area (Å²) in [7, 11) is 0. The highest BCUT2D eigenvalue weighted by Gasteiger charge is 2.25. The van der Waals surface area contributed by atoms with E-state index in [1.54, 1.807) is 18.7 Å². The van der Waals surface area contributed by atoms with E-state index in [1.807, 2.05) is 6.07 Å². The number of aromatic amines is 1. The second-order valence-corrected chi connectivity index (χ2v) is 4.57. The van der Waals surface area contributed by atoms with Gasteiger partial charge in [-0.25, -0.2) is 0 Å². The topological polar surface area (TPSA) is 80.2 Å². The molecule has 1 fully saturated rings. The molecule has 2 aromatic rings. The van der Waals surface area contributed by atoms with Gasteiger partial charge in [-0.15, -0.1) is 0 Å². The number of hydrogen-bond donors (Lipinski definition) is 2. The summed E-state index contributed by atoms with van der Waals surface area (Å²) in [6.45, 7) is 1.82. The van der Waals surface area contributed by atoms with E-state index < -0.39 is 0 Å². The number of nitrogens with one attached hydrogen (secondary N) is 2. The van der Waals surface area contributed by atoms with Crippen LogP contribution in [-0.2, 0) is 11.3 Å². The summed E-state index contributed by atoms with van der Waals surface area (Å²) in [5.41, 5.74) is 2.39. The molecule has 0 unspecified atom stereocenters. The molecule has 2 N–H and O–H groups in total. The molecule has 6 heteroatoms. The van der Waals surface area contributed by atoms with Gasteiger partial charge in [0.1, 0.15) is 0 Å². The van der Waals surface area contributed by atoms with E-state index in [4.69, 9.17) is 9.15 Å². The number of ether oxygens (including phenoxy) is 1. The molecule has 6 nitrogen and oxygen atoms in total. The van der Waals surface area contributed by atoms with Crippen LogP contribution in [0.25, 0.3) is 0 Å². The first-order chi connectivity index (χ1) is 9.34. The zero-order chi connectivity index (χ0) is 13.1. The summed E-state index contributed by atoms with van der Waals surface area (Å²) in [6.07, 6.45) is 5.69. The second kappa shape index (κ2) is 5.27. The van der Waals surface area contributed by atoms with E-state index in [2.05, 4.69) is 15.5 Å². The average Bonchev–Trinajstić information content (AvgIpc) is 3.14. The van der Waals surface area contributed by atoms with E-state index >= 15 is 0 Å². The summed E-state index contributed by atoms with van der Waals surface area (Å²) in [5, 5.41) is 9.74. The number of rotatable bonds is 4. The highest BCUT2D eigenvalue weighted by atomic mass is 16.5. The molecule has 1 aliphatic rings. The van der Waals surface area contributed by atoms with E-state index in [0.29, 0.717) is 18.7 Å². The molecule has 3 rings (SSSR count). The highest BCUT2D eigenvalue weighted by molar-refractivity contribution is 5.95. The van der Waals surface area contributed by atoms with Gasteiger partial charge in [0.05, 0.1) is 36.6 Å². The normalized spacial score (nSPS) is 18.6. The summed E-state index contributed by atoms with van der Waals surface area (Å²) in [5.74, 6) is 0.106. The van der Waals surface area contributed by atoms with Crippen LogP contribution in [0.15, 0.2) is 29.2 Å². The minimum Gasteiger partial charge on any atom is -0.472 e. The Morgan fingerprint density at radius 3 is 3.26 bits per heavy atom. The molecule has 3 heterocycles. The lowest BCUT2D eigenvalue weighted by Gasteiger charge is -2.08. The minimum atomic E-state index is -0.128. The van der Waals surface area contributed by atoms with Crippen LogP contribution in [0.4, 0.5) is 0 Å². The van der Waals surface area contributed by atoms with Gasteiger partial charge in [-0.1, -0.05) is 0 Å². The van der Waals surface area contributed by atoms with E-state index in [-0.39, 0.29) is 11.8 Å². The number of hydrogen-bond acceptors (Lipinski definition) is 4. The zero-order valence-corrected chi connectivity index (χ0v) is 10.4. The first-order valence-corrected chi connectivity index (χ1v) is 6.25. The fourth-order valence-electron chi connectivity index (χ4n) is 2.22. The largest absolute Gasteiger partial charge is 0.472 e.